The Balaban J connectivity index is 1.76. The molecule has 4 heteroatoms. The third-order valence-electron chi connectivity index (χ3n) is 3.80. The second kappa shape index (κ2) is 5.82. The van der Waals surface area contributed by atoms with Crippen molar-refractivity contribution >= 4 is 0 Å². The van der Waals surface area contributed by atoms with Gasteiger partial charge in [-0.1, -0.05) is 6.07 Å². The molecule has 0 spiro atoms. The Labute approximate surface area is 122 Å². The van der Waals surface area contributed by atoms with Gasteiger partial charge in [-0.05, 0) is 60.7 Å². The fourth-order valence-corrected chi connectivity index (χ4v) is 2.66. The number of benzene rings is 2. The van der Waals surface area contributed by atoms with E-state index >= 15 is 0 Å². The molecule has 0 aromatic heterocycles. The van der Waals surface area contributed by atoms with E-state index < -0.39 is 17.7 Å². The van der Waals surface area contributed by atoms with Gasteiger partial charge in [-0.15, -0.1) is 0 Å². The highest BCUT2D eigenvalue weighted by atomic mass is 19.1. The fraction of sp³-hybridized carbons (Fsp3) is 0.294. The van der Waals surface area contributed by atoms with Crippen LogP contribution < -0.4 is 4.74 Å². The first-order valence-electron chi connectivity index (χ1n) is 7.01. The van der Waals surface area contributed by atoms with E-state index in [2.05, 4.69) is 0 Å². The van der Waals surface area contributed by atoms with E-state index in [1.165, 1.54) is 0 Å². The van der Waals surface area contributed by atoms with Crippen molar-refractivity contribution in [3.8, 4) is 5.75 Å². The molecule has 0 saturated carbocycles. The van der Waals surface area contributed by atoms with Gasteiger partial charge >= 0.3 is 0 Å². The Bertz CT molecular complexity index is 655. The van der Waals surface area contributed by atoms with Gasteiger partial charge in [0.1, 0.15) is 24.0 Å². The van der Waals surface area contributed by atoms with Gasteiger partial charge in [0.2, 0.25) is 0 Å². The molecular weight excluding hydrogens is 274 g/mol. The summed E-state index contributed by atoms with van der Waals surface area (Å²) in [5.74, 6) is -0.427. The van der Waals surface area contributed by atoms with E-state index in [-0.39, 0.29) is 12.2 Å². The molecule has 0 heterocycles. The highest BCUT2D eigenvalue weighted by Crippen LogP contribution is 2.32. The molecule has 1 atom stereocenters. The molecule has 0 radical (unpaired) electrons. The summed E-state index contributed by atoms with van der Waals surface area (Å²) in [7, 11) is 0. The van der Waals surface area contributed by atoms with Crippen molar-refractivity contribution in [1.29, 1.82) is 0 Å². The molecule has 21 heavy (non-hydrogen) atoms. The Morgan fingerprint density at radius 1 is 1.14 bits per heavy atom. The molecule has 1 N–H and O–H groups in total. The molecule has 0 fully saturated rings. The van der Waals surface area contributed by atoms with Crippen molar-refractivity contribution in [3.63, 3.8) is 0 Å². The summed E-state index contributed by atoms with van der Waals surface area (Å²) < 4.78 is 32.1. The van der Waals surface area contributed by atoms with E-state index in [1.807, 2.05) is 6.07 Å². The zero-order valence-electron chi connectivity index (χ0n) is 11.5. The third kappa shape index (κ3) is 3.05. The monoisotopic (exact) mass is 290 g/mol. The summed E-state index contributed by atoms with van der Waals surface area (Å²) in [5, 5.41) is 9.99. The van der Waals surface area contributed by atoms with Crippen molar-refractivity contribution in [1.82, 2.24) is 0 Å². The van der Waals surface area contributed by atoms with Gasteiger partial charge in [-0.25, -0.2) is 8.78 Å². The molecule has 0 bridgehead atoms. The number of ether oxygens (including phenoxy) is 1. The summed E-state index contributed by atoms with van der Waals surface area (Å²) in [5.41, 5.74) is 2.17. The van der Waals surface area contributed by atoms with Crippen molar-refractivity contribution < 1.29 is 18.6 Å². The van der Waals surface area contributed by atoms with Crippen LogP contribution in [0.1, 0.15) is 35.6 Å². The largest absolute Gasteiger partial charge is 0.489 e. The maximum Gasteiger partial charge on any atom is 0.130 e. The summed E-state index contributed by atoms with van der Waals surface area (Å²) in [6.07, 6.45) is 2.20. The molecule has 2 aromatic rings. The van der Waals surface area contributed by atoms with Crippen LogP contribution in [-0.4, -0.2) is 5.11 Å². The second-order valence-corrected chi connectivity index (χ2v) is 5.29. The summed E-state index contributed by atoms with van der Waals surface area (Å²) in [6, 6.07) is 8.81. The Morgan fingerprint density at radius 2 is 2.00 bits per heavy atom. The first-order chi connectivity index (χ1) is 10.1. The average molecular weight is 290 g/mol. The van der Waals surface area contributed by atoms with Gasteiger partial charge in [0, 0.05) is 5.56 Å². The Kier molecular flexibility index (Phi) is 3.88. The maximum atomic E-state index is 13.5. The quantitative estimate of drug-likeness (QED) is 0.928. The number of aliphatic hydroxyl groups is 1. The number of aryl methyl sites for hydroxylation is 1. The summed E-state index contributed by atoms with van der Waals surface area (Å²) in [4.78, 5) is 0. The molecule has 0 saturated heterocycles. The number of halogens is 2. The second-order valence-electron chi connectivity index (χ2n) is 5.29. The van der Waals surface area contributed by atoms with Crippen LogP contribution in [0.2, 0.25) is 0 Å². The lowest BCUT2D eigenvalue weighted by molar-refractivity contribution is 0.156. The lowest BCUT2D eigenvalue weighted by Crippen LogP contribution is -2.09. The van der Waals surface area contributed by atoms with E-state index in [4.69, 9.17) is 4.74 Å². The topological polar surface area (TPSA) is 29.5 Å². The van der Waals surface area contributed by atoms with E-state index in [9.17, 15) is 13.9 Å². The van der Waals surface area contributed by atoms with Crippen LogP contribution in [0.4, 0.5) is 8.78 Å². The minimum atomic E-state index is -0.491. The average Bonchev–Trinajstić information content (AvgIpc) is 2.49. The Hall–Kier alpha value is -1.94. The van der Waals surface area contributed by atoms with E-state index in [0.29, 0.717) is 5.75 Å². The smallest absolute Gasteiger partial charge is 0.130 e. The van der Waals surface area contributed by atoms with Crippen molar-refractivity contribution in [2.45, 2.75) is 32.0 Å². The Morgan fingerprint density at radius 3 is 2.86 bits per heavy atom. The van der Waals surface area contributed by atoms with Crippen LogP contribution in [0, 0.1) is 11.6 Å². The number of hydrogen-bond donors (Lipinski definition) is 1. The number of fused-ring (bicyclic) bond motifs is 1. The molecule has 0 unspecified atom stereocenters. The first-order valence-corrected chi connectivity index (χ1v) is 7.01. The van der Waals surface area contributed by atoms with Crippen LogP contribution >= 0.6 is 0 Å². The fourth-order valence-electron chi connectivity index (χ4n) is 2.66. The SMILES string of the molecule is O[C@@H]1CCCc2ccc(OCc3cc(F)ccc3F)cc21. The molecule has 1 aliphatic carbocycles. The van der Waals surface area contributed by atoms with Crippen molar-refractivity contribution in [2.75, 3.05) is 0 Å². The molecule has 2 nitrogen and oxygen atoms in total. The molecular formula is C17H16F2O2. The number of aliphatic hydroxyl groups excluding tert-OH is 1. The van der Waals surface area contributed by atoms with Crippen LogP contribution in [0.25, 0.3) is 0 Å². The van der Waals surface area contributed by atoms with Crippen LogP contribution in [0.15, 0.2) is 36.4 Å². The molecule has 0 amide bonds. The van der Waals surface area contributed by atoms with Gasteiger partial charge in [0.15, 0.2) is 0 Å². The van der Waals surface area contributed by atoms with E-state index in [1.54, 1.807) is 12.1 Å². The predicted molar refractivity (Wildman–Crippen MR) is 75.0 cm³/mol. The summed E-state index contributed by atoms with van der Waals surface area (Å²) >= 11 is 0. The third-order valence-corrected chi connectivity index (χ3v) is 3.80. The normalized spacial score (nSPS) is 17.4. The molecule has 2 aromatic carbocycles. The molecule has 3 rings (SSSR count). The van der Waals surface area contributed by atoms with Gasteiger partial charge < -0.3 is 9.84 Å². The van der Waals surface area contributed by atoms with Gasteiger partial charge in [0.25, 0.3) is 0 Å². The van der Waals surface area contributed by atoms with Crippen LogP contribution in [-0.2, 0) is 13.0 Å². The predicted octanol–water partition coefficient (Wildman–Crippen LogP) is 3.91. The van der Waals surface area contributed by atoms with Gasteiger partial charge in [0.05, 0.1) is 6.10 Å². The van der Waals surface area contributed by atoms with Gasteiger partial charge in [-0.2, -0.15) is 0 Å². The number of hydrogen-bond acceptors (Lipinski definition) is 2. The van der Waals surface area contributed by atoms with Crippen LogP contribution in [0.3, 0.4) is 0 Å². The molecule has 1 aliphatic rings. The zero-order chi connectivity index (χ0) is 14.8. The van der Waals surface area contributed by atoms with Crippen molar-refractivity contribution in [3.05, 3.63) is 64.7 Å². The van der Waals surface area contributed by atoms with Crippen molar-refractivity contribution in [2.24, 2.45) is 0 Å². The minimum Gasteiger partial charge on any atom is -0.489 e. The first kappa shape index (κ1) is 14.0. The number of rotatable bonds is 3. The lowest BCUT2D eigenvalue weighted by Gasteiger charge is -2.22. The van der Waals surface area contributed by atoms with Gasteiger partial charge in [-0.3, -0.25) is 0 Å². The summed E-state index contributed by atoms with van der Waals surface area (Å²) in [6.45, 7) is -0.0432. The zero-order valence-corrected chi connectivity index (χ0v) is 11.5. The maximum absolute atomic E-state index is 13.5. The lowest BCUT2D eigenvalue weighted by atomic mass is 9.89. The highest BCUT2D eigenvalue weighted by Gasteiger charge is 2.18. The van der Waals surface area contributed by atoms with E-state index in [0.717, 1.165) is 48.6 Å². The molecule has 110 valence electrons. The minimum absolute atomic E-state index is 0.0432. The molecule has 0 aliphatic heterocycles. The highest BCUT2D eigenvalue weighted by molar-refractivity contribution is 5.38. The van der Waals surface area contributed by atoms with Crippen LogP contribution in [0.5, 0.6) is 5.75 Å². The standard InChI is InChI=1S/C17H16F2O2/c18-13-5-7-16(19)12(8-13)10-21-14-6-4-11-2-1-3-17(20)15(11)9-14/h4-9,17,20H,1-3,10H2/t17-/m1/s1.